The van der Waals surface area contributed by atoms with E-state index in [4.69, 9.17) is 4.74 Å². The molecular formula is C28H40O5. The van der Waals surface area contributed by atoms with Crippen molar-refractivity contribution in [1.29, 1.82) is 0 Å². The molecule has 2 saturated carbocycles. The van der Waals surface area contributed by atoms with Crippen LogP contribution >= 0.6 is 0 Å². The zero-order chi connectivity index (χ0) is 24.2. The SMILES string of the molecule is CCCCCC(=O)OC1CC(=O)C=C2C(C)=C[C@H]3[C@@H]4CC[C@](O)(C(C)=O)[C@@]4(C)CC[C@@H]3[C@]21C. The van der Waals surface area contributed by atoms with Crippen molar-refractivity contribution < 1.29 is 24.2 Å². The summed E-state index contributed by atoms with van der Waals surface area (Å²) in [5.74, 6) is 0.274. The van der Waals surface area contributed by atoms with Crippen LogP contribution in [0.3, 0.4) is 0 Å². The normalized spacial score (nSPS) is 41.9. The van der Waals surface area contributed by atoms with Crippen molar-refractivity contribution in [2.45, 2.75) is 104 Å². The Morgan fingerprint density at radius 1 is 1.15 bits per heavy atom. The van der Waals surface area contributed by atoms with Gasteiger partial charge in [0.1, 0.15) is 11.7 Å². The fraction of sp³-hybridized carbons (Fsp3) is 0.750. The number of carbonyl (C=O) groups is 3. The standard InChI is InChI=1S/C28H40O5/c1-6-7-8-9-25(31)33-24-16-19(30)15-23-17(2)14-20-21-11-13-28(32,18(3)29)26(21,4)12-10-22(20)27(23,24)5/h14-15,20-22,24,32H,6-13,16H2,1-5H3/t20-,21-,22-,24?,26-,27+,28-/m0/s1. The van der Waals surface area contributed by atoms with E-state index in [0.717, 1.165) is 49.7 Å². The summed E-state index contributed by atoms with van der Waals surface area (Å²) in [5, 5.41) is 11.4. The van der Waals surface area contributed by atoms with E-state index in [9.17, 15) is 19.5 Å². The van der Waals surface area contributed by atoms with Crippen molar-refractivity contribution in [3.63, 3.8) is 0 Å². The molecule has 0 radical (unpaired) electrons. The molecule has 5 nitrogen and oxygen atoms in total. The minimum atomic E-state index is -1.27. The smallest absolute Gasteiger partial charge is 0.306 e. The van der Waals surface area contributed by atoms with E-state index in [1.165, 1.54) is 6.92 Å². The van der Waals surface area contributed by atoms with Gasteiger partial charge < -0.3 is 9.84 Å². The van der Waals surface area contributed by atoms with Gasteiger partial charge in [-0.2, -0.15) is 0 Å². The van der Waals surface area contributed by atoms with Gasteiger partial charge in [-0.15, -0.1) is 0 Å². The number of ether oxygens (including phenoxy) is 1. The van der Waals surface area contributed by atoms with Gasteiger partial charge >= 0.3 is 5.97 Å². The van der Waals surface area contributed by atoms with E-state index >= 15 is 0 Å². The van der Waals surface area contributed by atoms with Crippen LogP contribution in [-0.2, 0) is 19.1 Å². The third-order valence-electron chi connectivity index (χ3n) is 9.90. The molecule has 0 spiro atoms. The number of aliphatic hydroxyl groups is 1. The fourth-order valence-electron chi connectivity index (χ4n) is 7.92. The molecular weight excluding hydrogens is 416 g/mol. The maximum Gasteiger partial charge on any atom is 0.306 e. The lowest BCUT2D eigenvalue weighted by atomic mass is 9.46. The number of Topliss-reactive ketones (excluding diaryl/α,β-unsaturated/α-hetero) is 1. The first-order valence-corrected chi connectivity index (χ1v) is 12.9. The summed E-state index contributed by atoms with van der Waals surface area (Å²) in [6.45, 7) is 9.95. The van der Waals surface area contributed by atoms with Crippen LogP contribution in [-0.4, -0.2) is 34.3 Å². The van der Waals surface area contributed by atoms with Gasteiger partial charge in [-0.25, -0.2) is 0 Å². The van der Waals surface area contributed by atoms with Gasteiger partial charge in [-0.05, 0) is 75.4 Å². The Kier molecular flexibility index (Phi) is 6.26. The monoisotopic (exact) mass is 456 g/mol. The Labute approximate surface area is 198 Å². The summed E-state index contributed by atoms with van der Waals surface area (Å²) < 4.78 is 6.06. The Morgan fingerprint density at radius 2 is 1.85 bits per heavy atom. The van der Waals surface area contributed by atoms with Crippen molar-refractivity contribution in [3.05, 3.63) is 23.3 Å². The van der Waals surface area contributed by atoms with Crippen molar-refractivity contribution in [2.24, 2.45) is 28.6 Å². The lowest BCUT2D eigenvalue weighted by Gasteiger charge is -2.59. The molecule has 4 aliphatic carbocycles. The van der Waals surface area contributed by atoms with Gasteiger partial charge in [0, 0.05) is 23.7 Å². The van der Waals surface area contributed by atoms with Crippen LogP contribution in [0.15, 0.2) is 23.3 Å². The fourth-order valence-corrected chi connectivity index (χ4v) is 7.92. The highest BCUT2D eigenvalue weighted by molar-refractivity contribution is 5.93. The number of esters is 1. The zero-order valence-electron chi connectivity index (χ0n) is 20.9. The molecule has 4 aliphatic rings. The molecule has 0 aliphatic heterocycles. The third kappa shape index (κ3) is 3.57. The largest absolute Gasteiger partial charge is 0.461 e. The van der Waals surface area contributed by atoms with E-state index < -0.39 is 22.5 Å². The van der Waals surface area contributed by atoms with Crippen LogP contribution < -0.4 is 0 Å². The predicted molar refractivity (Wildman–Crippen MR) is 126 cm³/mol. The number of rotatable bonds is 6. The Bertz CT molecular complexity index is 915. The van der Waals surface area contributed by atoms with Crippen molar-refractivity contribution >= 4 is 17.5 Å². The molecule has 5 heteroatoms. The highest BCUT2D eigenvalue weighted by Crippen LogP contribution is 2.67. The Morgan fingerprint density at radius 3 is 2.52 bits per heavy atom. The maximum absolute atomic E-state index is 12.7. The quantitative estimate of drug-likeness (QED) is 0.444. The number of hydrogen-bond acceptors (Lipinski definition) is 5. The van der Waals surface area contributed by atoms with E-state index in [1.54, 1.807) is 6.08 Å². The van der Waals surface area contributed by atoms with E-state index in [2.05, 4.69) is 33.8 Å². The minimum absolute atomic E-state index is 0.0208. The predicted octanol–water partition coefficient (Wildman–Crippen LogP) is 5.11. The first-order valence-electron chi connectivity index (χ1n) is 12.9. The minimum Gasteiger partial charge on any atom is -0.461 e. The second-order valence-electron chi connectivity index (χ2n) is 11.5. The first kappa shape index (κ1) is 24.4. The lowest BCUT2D eigenvalue weighted by Crippen LogP contribution is -2.59. The zero-order valence-corrected chi connectivity index (χ0v) is 20.9. The number of allylic oxidation sites excluding steroid dienone is 3. The highest BCUT2D eigenvalue weighted by atomic mass is 16.5. The molecule has 2 fully saturated rings. The summed E-state index contributed by atoms with van der Waals surface area (Å²) in [7, 11) is 0. The highest BCUT2D eigenvalue weighted by Gasteiger charge is 2.66. The lowest BCUT2D eigenvalue weighted by molar-refractivity contribution is -0.169. The van der Waals surface area contributed by atoms with Gasteiger partial charge in [0.05, 0.1) is 0 Å². The van der Waals surface area contributed by atoms with Crippen molar-refractivity contribution in [1.82, 2.24) is 0 Å². The average Bonchev–Trinajstić information content (AvgIpc) is 3.02. The summed E-state index contributed by atoms with van der Waals surface area (Å²) in [5.41, 5.74) is -0.0767. The van der Waals surface area contributed by atoms with Crippen LogP contribution in [0.4, 0.5) is 0 Å². The molecule has 0 aromatic carbocycles. The van der Waals surface area contributed by atoms with E-state index in [0.29, 0.717) is 12.8 Å². The molecule has 4 rings (SSSR count). The van der Waals surface area contributed by atoms with Gasteiger partial charge in [0.2, 0.25) is 0 Å². The number of ketones is 2. The van der Waals surface area contributed by atoms with Crippen LogP contribution in [0.2, 0.25) is 0 Å². The van der Waals surface area contributed by atoms with Gasteiger partial charge in [0.15, 0.2) is 11.6 Å². The second-order valence-corrected chi connectivity index (χ2v) is 11.5. The maximum atomic E-state index is 12.7. The van der Waals surface area contributed by atoms with Gasteiger partial charge in [0.25, 0.3) is 0 Å². The molecule has 0 heterocycles. The molecule has 0 aromatic heterocycles. The molecule has 33 heavy (non-hydrogen) atoms. The number of hydrogen-bond donors (Lipinski definition) is 1. The number of carbonyl (C=O) groups excluding carboxylic acids is 3. The third-order valence-corrected chi connectivity index (χ3v) is 9.90. The van der Waals surface area contributed by atoms with Crippen molar-refractivity contribution in [2.75, 3.05) is 0 Å². The molecule has 0 amide bonds. The van der Waals surface area contributed by atoms with Crippen LogP contribution in [0.1, 0.15) is 92.4 Å². The topological polar surface area (TPSA) is 80.7 Å². The number of unbranched alkanes of at least 4 members (excludes halogenated alkanes) is 2. The van der Waals surface area contributed by atoms with E-state index in [1.807, 2.05) is 0 Å². The van der Waals surface area contributed by atoms with Crippen molar-refractivity contribution in [3.8, 4) is 0 Å². The van der Waals surface area contributed by atoms with Crippen LogP contribution in [0.25, 0.3) is 0 Å². The summed E-state index contributed by atoms with van der Waals surface area (Å²) >= 11 is 0. The van der Waals surface area contributed by atoms with Crippen LogP contribution in [0, 0.1) is 28.6 Å². The Balaban J connectivity index is 1.69. The molecule has 0 aromatic rings. The average molecular weight is 457 g/mol. The summed E-state index contributed by atoms with van der Waals surface area (Å²) in [6, 6.07) is 0. The first-order chi connectivity index (χ1) is 15.5. The second kappa shape index (κ2) is 8.48. The molecule has 0 saturated heterocycles. The molecule has 1 unspecified atom stereocenters. The molecule has 1 N–H and O–H groups in total. The molecule has 7 atom stereocenters. The molecule has 182 valence electrons. The summed E-state index contributed by atoms with van der Waals surface area (Å²) in [6.07, 6.45) is 9.98. The van der Waals surface area contributed by atoms with E-state index in [-0.39, 0.29) is 41.7 Å². The Hall–Kier alpha value is -1.75. The van der Waals surface area contributed by atoms with Gasteiger partial charge in [-0.3, -0.25) is 14.4 Å². The molecule has 0 bridgehead atoms. The summed E-state index contributed by atoms with van der Waals surface area (Å²) in [4.78, 5) is 37.8. The number of fused-ring (bicyclic) bond motifs is 5. The van der Waals surface area contributed by atoms with Crippen LogP contribution in [0.5, 0.6) is 0 Å². The van der Waals surface area contributed by atoms with Gasteiger partial charge in [-0.1, -0.05) is 45.3 Å².